The van der Waals surface area contributed by atoms with Crippen LogP contribution in [0.3, 0.4) is 0 Å². The van der Waals surface area contributed by atoms with Gasteiger partial charge in [-0.1, -0.05) is 87.0 Å². The molecule has 1 N–H and O–H groups in total. The number of piperazine rings is 1. The van der Waals surface area contributed by atoms with Crippen molar-refractivity contribution in [3.05, 3.63) is 92.8 Å². The van der Waals surface area contributed by atoms with E-state index in [9.17, 15) is 5.11 Å². The fourth-order valence-corrected chi connectivity index (χ4v) is 7.39. The maximum atomic E-state index is 10.6. The highest BCUT2D eigenvalue weighted by molar-refractivity contribution is 7.80. The summed E-state index contributed by atoms with van der Waals surface area (Å²) < 4.78 is 0.914. The first-order chi connectivity index (χ1) is 16.6. The Morgan fingerprint density at radius 2 is 1.47 bits per heavy atom. The minimum atomic E-state index is 0.354. The maximum Gasteiger partial charge on any atom is 0.120 e. The molecular weight excluding hydrogens is 500 g/mol. The van der Waals surface area contributed by atoms with Crippen LogP contribution in [0.2, 0.25) is 5.02 Å². The molecule has 0 spiro atoms. The Kier molecular flexibility index (Phi) is 7.44. The Labute approximate surface area is 217 Å². The number of rotatable bonds is 6. The zero-order chi connectivity index (χ0) is 23.5. The predicted molar refractivity (Wildman–Crippen MR) is 148 cm³/mol. The van der Waals surface area contributed by atoms with Gasteiger partial charge in [0.1, 0.15) is 9.57 Å². The van der Waals surface area contributed by atoms with Crippen LogP contribution in [0.25, 0.3) is 21.6 Å². The van der Waals surface area contributed by atoms with Gasteiger partial charge >= 0.3 is 0 Å². The Morgan fingerprint density at radius 1 is 0.794 bits per heavy atom. The molecule has 0 atom stereocenters. The molecule has 34 heavy (non-hydrogen) atoms. The van der Waals surface area contributed by atoms with Crippen LogP contribution in [0, 0.1) is 3.82 Å². The second-order valence-electron chi connectivity index (χ2n) is 8.55. The fourth-order valence-electron chi connectivity index (χ4n) is 4.35. The highest BCUT2D eigenvalue weighted by atomic mass is 35.5. The van der Waals surface area contributed by atoms with E-state index in [1.165, 1.54) is 10.4 Å². The van der Waals surface area contributed by atoms with Crippen molar-refractivity contribution in [2.45, 2.75) is 13.1 Å². The van der Waals surface area contributed by atoms with Crippen molar-refractivity contribution in [1.29, 1.82) is 0 Å². The van der Waals surface area contributed by atoms with Crippen molar-refractivity contribution < 1.29 is 5.11 Å². The van der Waals surface area contributed by atoms with E-state index in [0.717, 1.165) is 70.4 Å². The van der Waals surface area contributed by atoms with Gasteiger partial charge in [0, 0.05) is 55.4 Å². The van der Waals surface area contributed by atoms with Crippen molar-refractivity contribution in [2.75, 3.05) is 26.2 Å². The quantitative estimate of drug-likeness (QED) is 0.208. The summed E-state index contributed by atoms with van der Waals surface area (Å²) in [4.78, 5) is 6.07. The highest BCUT2D eigenvalue weighted by Crippen LogP contribution is 2.42. The molecule has 0 unspecified atom stereocenters. The van der Waals surface area contributed by atoms with E-state index in [1.54, 1.807) is 20.7 Å². The Balaban J connectivity index is 1.29. The smallest absolute Gasteiger partial charge is 0.120 e. The summed E-state index contributed by atoms with van der Waals surface area (Å²) in [6.07, 6.45) is 0. The van der Waals surface area contributed by atoms with Gasteiger partial charge in [0.2, 0.25) is 0 Å². The number of phenols is 1. The lowest BCUT2D eigenvalue weighted by Gasteiger charge is -2.35. The Bertz CT molecular complexity index is 1310. The summed E-state index contributed by atoms with van der Waals surface area (Å²) in [7, 11) is 3.35. The molecule has 1 aromatic heterocycles. The van der Waals surface area contributed by atoms with Gasteiger partial charge in [0.05, 0.1) is 4.88 Å². The Morgan fingerprint density at radius 3 is 2.18 bits per heavy atom. The number of aromatic hydroxyl groups is 1. The van der Waals surface area contributed by atoms with Crippen LogP contribution in [0.5, 0.6) is 5.75 Å². The van der Waals surface area contributed by atoms with Crippen molar-refractivity contribution >= 4 is 44.5 Å². The van der Waals surface area contributed by atoms with Gasteiger partial charge in [0.25, 0.3) is 0 Å². The summed E-state index contributed by atoms with van der Waals surface area (Å²) in [5, 5.41) is 11.4. The van der Waals surface area contributed by atoms with Crippen molar-refractivity contribution in [1.82, 2.24) is 9.80 Å². The SMILES string of the molecule is Oc1ccc(-c2ssc(=S)c2-c2ccccc2)cc1CN1CCN(Cc2ccc(Cl)cc2)CC1. The van der Waals surface area contributed by atoms with Crippen LogP contribution in [0.15, 0.2) is 72.8 Å². The lowest BCUT2D eigenvalue weighted by atomic mass is 10.0. The zero-order valence-corrected chi connectivity index (χ0v) is 21.8. The van der Waals surface area contributed by atoms with Crippen LogP contribution in [0.4, 0.5) is 0 Å². The van der Waals surface area contributed by atoms with Gasteiger partial charge in [-0.05, 0) is 47.0 Å². The second-order valence-corrected chi connectivity index (χ2v) is 11.8. The summed E-state index contributed by atoms with van der Waals surface area (Å²) in [5.74, 6) is 0.354. The van der Waals surface area contributed by atoms with Gasteiger partial charge in [-0.3, -0.25) is 9.80 Å². The summed E-state index contributed by atoms with van der Waals surface area (Å²) in [5.41, 5.74) is 5.64. The van der Waals surface area contributed by atoms with Gasteiger partial charge in [-0.15, -0.1) is 0 Å². The van der Waals surface area contributed by atoms with Crippen LogP contribution in [-0.4, -0.2) is 41.1 Å². The molecule has 0 radical (unpaired) electrons. The molecule has 4 aromatic rings. The molecule has 1 fully saturated rings. The molecule has 1 saturated heterocycles. The molecule has 1 aliphatic heterocycles. The summed E-state index contributed by atoms with van der Waals surface area (Å²) in [6, 6.07) is 24.4. The molecule has 0 amide bonds. The number of hydrogen-bond acceptors (Lipinski definition) is 6. The summed E-state index contributed by atoms with van der Waals surface area (Å²) >= 11 is 11.7. The topological polar surface area (TPSA) is 26.7 Å². The van der Waals surface area contributed by atoms with E-state index >= 15 is 0 Å². The molecule has 7 heteroatoms. The van der Waals surface area contributed by atoms with Gasteiger partial charge in [0.15, 0.2) is 0 Å². The van der Waals surface area contributed by atoms with Crippen LogP contribution in [0.1, 0.15) is 11.1 Å². The molecule has 1 aliphatic rings. The van der Waals surface area contributed by atoms with Crippen molar-refractivity contribution in [3.63, 3.8) is 0 Å². The second kappa shape index (κ2) is 10.7. The molecular formula is C27H25ClN2OS3. The lowest BCUT2D eigenvalue weighted by molar-refractivity contribution is 0.121. The molecule has 2 heterocycles. The molecule has 0 bridgehead atoms. The highest BCUT2D eigenvalue weighted by Gasteiger charge is 2.19. The van der Waals surface area contributed by atoms with Crippen LogP contribution in [-0.2, 0) is 13.1 Å². The third-order valence-electron chi connectivity index (χ3n) is 6.21. The van der Waals surface area contributed by atoms with E-state index < -0.39 is 0 Å². The number of nitrogens with zero attached hydrogens (tertiary/aromatic N) is 2. The van der Waals surface area contributed by atoms with Crippen LogP contribution >= 0.6 is 44.5 Å². The minimum absolute atomic E-state index is 0.354. The monoisotopic (exact) mass is 524 g/mol. The molecule has 0 saturated carbocycles. The first kappa shape index (κ1) is 23.7. The van der Waals surface area contributed by atoms with E-state index in [-0.39, 0.29) is 0 Å². The fraction of sp³-hybridized carbons (Fsp3) is 0.222. The lowest BCUT2D eigenvalue weighted by Crippen LogP contribution is -2.45. The third kappa shape index (κ3) is 5.43. The van der Waals surface area contributed by atoms with Crippen molar-refractivity contribution in [3.8, 4) is 27.3 Å². The zero-order valence-electron chi connectivity index (χ0n) is 18.6. The molecule has 174 valence electrons. The van der Waals surface area contributed by atoms with E-state index in [0.29, 0.717) is 5.75 Å². The molecule has 3 aromatic carbocycles. The number of phenolic OH excluding ortho intramolecular Hbond substituents is 1. The number of halogens is 1. The largest absolute Gasteiger partial charge is 0.508 e. The van der Waals surface area contributed by atoms with E-state index in [2.05, 4.69) is 40.1 Å². The minimum Gasteiger partial charge on any atom is -0.508 e. The van der Waals surface area contributed by atoms with Crippen LogP contribution < -0.4 is 0 Å². The number of benzene rings is 3. The van der Waals surface area contributed by atoms with Gasteiger partial charge in [-0.2, -0.15) is 0 Å². The summed E-state index contributed by atoms with van der Waals surface area (Å²) in [6.45, 7) is 5.65. The van der Waals surface area contributed by atoms with E-state index in [1.807, 2.05) is 42.5 Å². The first-order valence-electron chi connectivity index (χ1n) is 11.3. The molecule has 0 aliphatic carbocycles. The third-order valence-corrected chi connectivity index (χ3v) is 9.53. The maximum absolute atomic E-state index is 10.6. The van der Waals surface area contributed by atoms with Crippen molar-refractivity contribution in [2.24, 2.45) is 0 Å². The first-order valence-corrected chi connectivity index (χ1v) is 14.2. The average molecular weight is 525 g/mol. The predicted octanol–water partition coefficient (Wildman–Crippen LogP) is 7.55. The van der Waals surface area contributed by atoms with E-state index in [4.69, 9.17) is 23.8 Å². The average Bonchev–Trinajstić information content (AvgIpc) is 3.25. The Hall–Kier alpha value is -2.06. The number of hydrogen-bond donors (Lipinski definition) is 1. The van der Waals surface area contributed by atoms with Gasteiger partial charge < -0.3 is 5.11 Å². The normalized spacial score (nSPS) is 15.0. The molecule has 5 rings (SSSR count). The standard InChI is InChI=1S/C27H25ClN2OS3/c28-23-9-6-19(7-10-23)17-29-12-14-30(15-13-29)18-22-16-21(8-11-24(22)31)26-25(27(32)34-33-26)20-4-2-1-3-5-20/h1-11,16,31H,12-15,17-18H2. The molecule has 3 nitrogen and oxygen atoms in total. The van der Waals surface area contributed by atoms with Gasteiger partial charge in [-0.25, -0.2) is 0 Å².